The second kappa shape index (κ2) is 11.9. The number of rotatable bonds is 7. The lowest BCUT2D eigenvalue weighted by Gasteiger charge is -2.37. The zero-order valence-electron chi connectivity index (χ0n) is 20.9. The van der Waals surface area contributed by atoms with E-state index < -0.39 is 57.5 Å². The van der Waals surface area contributed by atoms with Crippen LogP contribution in [0.2, 0.25) is 0 Å². The van der Waals surface area contributed by atoms with E-state index in [-0.39, 0.29) is 30.8 Å². The number of nitrogens with zero attached hydrogens (tertiary/aromatic N) is 2. The Labute approximate surface area is 230 Å². The van der Waals surface area contributed by atoms with Gasteiger partial charge in [-0.1, -0.05) is 62.0 Å². The predicted molar refractivity (Wildman–Crippen MR) is 135 cm³/mol. The van der Waals surface area contributed by atoms with E-state index in [1.165, 1.54) is 4.90 Å². The molecule has 2 aliphatic heterocycles. The van der Waals surface area contributed by atoms with Crippen LogP contribution in [0.25, 0.3) is 0 Å². The summed E-state index contributed by atoms with van der Waals surface area (Å²) in [4.78, 5) is 64.2. The Morgan fingerprint density at radius 1 is 1.16 bits per heavy atom. The van der Waals surface area contributed by atoms with Crippen molar-refractivity contribution >= 4 is 64.3 Å². The van der Waals surface area contributed by atoms with Gasteiger partial charge in [-0.2, -0.15) is 0 Å². The smallest absolute Gasteiger partial charge is 0.291 e. The summed E-state index contributed by atoms with van der Waals surface area (Å²) in [5.74, 6) is -4.19. The monoisotopic (exact) mass is 583 g/mol. The molecule has 2 unspecified atom stereocenters. The number of alkyl halides is 4. The predicted octanol–water partition coefficient (Wildman–Crippen LogP) is 1.48. The first-order valence-corrected chi connectivity index (χ1v) is 13.6. The third-order valence-corrected chi connectivity index (χ3v) is 7.89. The molecular formula is C23H33Cl3FN5O5. The summed E-state index contributed by atoms with van der Waals surface area (Å²) in [6.07, 6.45) is 2.78. The molecule has 1 aliphatic carbocycles. The Morgan fingerprint density at radius 2 is 1.84 bits per heavy atom. The second-order valence-electron chi connectivity index (χ2n) is 10.9. The van der Waals surface area contributed by atoms with Crippen LogP contribution >= 0.6 is 34.8 Å². The summed E-state index contributed by atoms with van der Waals surface area (Å²) < 4.78 is 13.8. The molecule has 2 heterocycles. The SMILES string of the molecule is CC(C)(C)C(NC(=O)C(Cl)Cl)C(=O)N1C[C@@H]2CCC[C@@H]2[C@H]1C(=O)NN(C[C@@H]1CCNC1=O)C(=O)C(F)Cl. The van der Waals surface area contributed by atoms with Gasteiger partial charge in [0, 0.05) is 13.1 Å². The number of hydrogen-bond acceptors (Lipinski definition) is 5. The van der Waals surface area contributed by atoms with Crippen LogP contribution in [0.4, 0.5) is 4.39 Å². The van der Waals surface area contributed by atoms with Gasteiger partial charge in [-0.05, 0) is 36.5 Å². The molecule has 10 nitrogen and oxygen atoms in total. The van der Waals surface area contributed by atoms with Crippen LogP contribution in [0.5, 0.6) is 0 Å². The molecule has 14 heteroatoms. The Hall–Kier alpha value is -1.85. The topological polar surface area (TPSA) is 128 Å². The molecule has 3 rings (SSSR count). The van der Waals surface area contributed by atoms with Crippen molar-refractivity contribution in [2.45, 2.75) is 69.0 Å². The maximum absolute atomic E-state index is 13.8. The number of halogens is 4. The van der Waals surface area contributed by atoms with Crippen LogP contribution in [-0.2, 0) is 24.0 Å². The highest BCUT2D eigenvalue weighted by Gasteiger charge is 2.52. The Balaban J connectivity index is 1.86. The van der Waals surface area contributed by atoms with Crippen LogP contribution in [0.15, 0.2) is 0 Å². The van der Waals surface area contributed by atoms with Gasteiger partial charge in [-0.15, -0.1) is 0 Å². The molecule has 0 aromatic heterocycles. The van der Waals surface area contributed by atoms with Crippen molar-refractivity contribution in [1.82, 2.24) is 26.0 Å². The molecule has 0 spiro atoms. The van der Waals surface area contributed by atoms with Gasteiger partial charge in [0.25, 0.3) is 23.4 Å². The molecule has 2 saturated heterocycles. The van der Waals surface area contributed by atoms with Crippen molar-refractivity contribution in [3.8, 4) is 0 Å². The maximum atomic E-state index is 13.8. The van der Waals surface area contributed by atoms with Gasteiger partial charge in [0.2, 0.25) is 11.8 Å². The first-order valence-electron chi connectivity index (χ1n) is 12.3. The number of carbonyl (C=O) groups is 5. The van der Waals surface area contributed by atoms with Gasteiger partial charge in [-0.3, -0.25) is 29.4 Å². The van der Waals surface area contributed by atoms with Crippen molar-refractivity contribution in [2.24, 2.45) is 23.2 Å². The van der Waals surface area contributed by atoms with Crippen LogP contribution in [-0.4, -0.2) is 81.6 Å². The van der Waals surface area contributed by atoms with Gasteiger partial charge < -0.3 is 15.5 Å². The molecule has 0 aromatic rings. The fourth-order valence-electron chi connectivity index (χ4n) is 5.44. The van der Waals surface area contributed by atoms with E-state index in [9.17, 15) is 28.4 Å². The van der Waals surface area contributed by atoms with Crippen LogP contribution in [0.3, 0.4) is 0 Å². The molecule has 208 valence electrons. The average Bonchev–Trinajstić information content (AvgIpc) is 3.51. The van der Waals surface area contributed by atoms with Crippen molar-refractivity contribution in [3.63, 3.8) is 0 Å². The standard InChI is InChI=1S/C23H33Cl3FN5O5/c1-23(2,3)15(29-20(35)16(24)25)21(36)31-9-11-5-4-6-13(11)14(31)19(34)30-32(22(37)17(26)27)10-12-7-8-28-18(12)33/h11-17H,4-10H2,1-3H3,(H,28,33)(H,29,35)(H,30,34)/t11-,12-,13-,14-,15?,17?/m0/s1. The quantitative estimate of drug-likeness (QED) is 0.309. The summed E-state index contributed by atoms with van der Waals surface area (Å²) in [5.41, 5.74) is -0.731. The van der Waals surface area contributed by atoms with Crippen molar-refractivity contribution in [2.75, 3.05) is 19.6 Å². The third-order valence-electron chi connectivity index (χ3n) is 7.30. The zero-order chi connectivity index (χ0) is 27.7. The first-order chi connectivity index (χ1) is 17.2. The van der Waals surface area contributed by atoms with Gasteiger partial charge in [0.1, 0.15) is 12.1 Å². The Morgan fingerprint density at radius 3 is 2.38 bits per heavy atom. The molecule has 3 fully saturated rings. The van der Waals surface area contributed by atoms with Crippen molar-refractivity contribution in [1.29, 1.82) is 0 Å². The van der Waals surface area contributed by atoms with E-state index in [2.05, 4.69) is 16.1 Å². The van der Waals surface area contributed by atoms with Crippen LogP contribution in [0.1, 0.15) is 46.5 Å². The molecule has 0 radical (unpaired) electrons. The lowest BCUT2D eigenvalue weighted by atomic mass is 9.85. The fourth-order valence-corrected chi connectivity index (χ4v) is 5.68. The summed E-state index contributed by atoms with van der Waals surface area (Å²) >= 11 is 16.8. The molecule has 3 N–H and O–H groups in total. The van der Waals surface area contributed by atoms with Gasteiger partial charge in [-0.25, -0.2) is 9.40 Å². The molecule has 3 aliphatic rings. The Bertz CT molecular complexity index is 931. The van der Waals surface area contributed by atoms with E-state index in [0.29, 0.717) is 19.4 Å². The minimum absolute atomic E-state index is 0.0523. The van der Waals surface area contributed by atoms with Gasteiger partial charge in [0.15, 0.2) is 4.84 Å². The number of fused-ring (bicyclic) bond motifs is 1. The van der Waals surface area contributed by atoms with Crippen molar-refractivity contribution < 1.29 is 28.4 Å². The number of likely N-dealkylation sites (tertiary alicyclic amines) is 1. The average molecular weight is 585 g/mol. The maximum Gasteiger partial charge on any atom is 0.291 e. The van der Waals surface area contributed by atoms with E-state index in [1.807, 2.05) is 0 Å². The highest BCUT2D eigenvalue weighted by molar-refractivity contribution is 6.53. The second-order valence-corrected chi connectivity index (χ2v) is 12.4. The van der Waals surface area contributed by atoms with E-state index >= 15 is 0 Å². The van der Waals surface area contributed by atoms with Crippen LogP contribution < -0.4 is 16.1 Å². The molecule has 1 saturated carbocycles. The highest BCUT2D eigenvalue weighted by Crippen LogP contribution is 2.43. The number of hydrogen-bond donors (Lipinski definition) is 3. The minimum atomic E-state index is -2.43. The summed E-state index contributed by atoms with van der Waals surface area (Å²) in [5, 5.41) is 5.95. The number of amides is 5. The zero-order valence-corrected chi connectivity index (χ0v) is 23.2. The summed E-state index contributed by atoms with van der Waals surface area (Å²) in [6.45, 7) is 5.71. The highest BCUT2D eigenvalue weighted by atomic mass is 35.5. The largest absolute Gasteiger partial charge is 0.356 e. The molecule has 0 aromatic carbocycles. The molecule has 0 bridgehead atoms. The van der Waals surface area contributed by atoms with Gasteiger partial charge >= 0.3 is 0 Å². The third kappa shape index (κ3) is 6.78. The summed E-state index contributed by atoms with van der Waals surface area (Å²) in [6, 6.07) is -2.00. The lowest BCUT2D eigenvalue weighted by molar-refractivity contribution is -0.150. The van der Waals surface area contributed by atoms with E-state index in [0.717, 1.165) is 17.9 Å². The van der Waals surface area contributed by atoms with Crippen LogP contribution in [0, 0.1) is 23.2 Å². The van der Waals surface area contributed by atoms with Crippen molar-refractivity contribution in [3.05, 3.63) is 0 Å². The molecule has 6 atom stereocenters. The van der Waals surface area contributed by atoms with Gasteiger partial charge in [0.05, 0.1) is 12.5 Å². The normalized spacial score (nSPS) is 26.9. The fraction of sp³-hybridized carbons (Fsp3) is 0.783. The van der Waals surface area contributed by atoms with E-state index in [4.69, 9.17) is 34.8 Å². The number of hydrazine groups is 1. The number of carbonyl (C=O) groups excluding carboxylic acids is 5. The minimum Gasteiger partial charge on any atom is -0.356 e. The Kier molecular flexibility index (Phi) is 9.56. The summed E-state index contributed by atoms with van der Waals surface area (Å²) in [7, 11) is 0. The lowest BCUT2D eigenvalue weighted by Crippen LogP contribution is -2.61. The molecule has 5 amide bonds. The van der Waals surface area contributed by atoms with E-state index in [1.54, 1.807) is 20.8 Å². The molecular weight excluding hydrogens is 552 g/mol. The molecule has 37 heavy (non-hydrogen) atoms. The first kappa shape index (κ1) is 29.7. The number of nitrogens with one attached hydrogen (secondary N) is 3.